The van der Waals surface area contributed by atoms with E-state index < -0.39 is 0 Å². The summed E-state index contributed by atoms with van der Waals surface area (Å²) in [6.45, 7) is 0.198. The van der Waals surface area contributed by atoms with Crippen LogP contribution in [0.2, 0.25) is 5.15 Å². The number of aromatic nitrogens is 1. The van der Waals surface area contributed by atoms with Gasteiger partial charge in [-0.1, -0.05) is 17.7 Å². The number of halogens is 1. The first-order valence-corrected chi connectivity index (χ1v) is 4.17. The average Bonchev–Trinajstić information content (AvgIpc) is 2.14. The number of likely N-dealkylation sites (N-methyl/N-ethyl adjacent to an activating group) is 1. The van der Waals surface area contributed by atoms with Gasteiger partial charge in [0, 0.05) is 7.05 Å². The smallest absolute Gasteiger partial charge is 0.239 e. The van der Waals surface area contributed by atoms with Crippen LogP contribution < -0.4 is 10.6 Å². The van der Waals surface area contributed by atoms with Gasteiger partial charge in [0.25, 0.3) is 0 Å². The highest BCUT2D eigenvalue weighted by atomic mass is 35.5. The quantitative estimate of drug-likeness (QED) is 0.711. The van der Waals surface area contributed by atoms with Crippen LogP contribution in [0.15, 0.2) is 18.2 Å². The molecule has 1 rings (SSSR count). The zero-order valence-corrected chi connectivity index (χ0v) is 7.93. The summed E-state index contributed by atoms with van der Waals surface area (Å²) in [5, 5.41) is 5.72. The molecule has 1 amide bonds. The minimum Gasteiger partial charge on any atom is -0.361 e. The molecule has 0 aliphatic rings. The van der Waals surface area contributed by atoms with Crippen molar-refractivity contribution in [3.8, 4) is 0 Å². The van der Waals surface area contributed by atoms with Crippen LogP contribution in [0.5, 0.6) is 0 Å². The molecule has 1 heterocycles. The third-order valence-corrected chi connectivity index (χ3v) is 1.63. The number of rotatable bonds is 3. The van der Waals surface area contributed by atoms with Crippen LogP contribution in [0, 0.1) is 0 Å². The molecule has 5 heteroatoms. The molecule has 0 bridgehead atoms. The minimum absolute atomic E-state index is 0.0956. The highest BCUT2D eigenvalue weighted by molar-refractivity contribution is 6.29. The van der Waals surface area contributed by atoms with Crippen molar-refractivity contribution >= 4 is 23.3 Å². The van der Waals surface area contributed by atoms with Gasteiger partial charge >= 0.3 is 0 Å². The third-order valence-electron chi connectivity index (χ3n) is 1.42. The number of pyridine rings is 1. The van der Waals surface area contributed by atoms with Gasteiger partial charge in [0.1, 0.15) is 11.0 Å². The van der Waals surface area contributed by atoms with E-state index in [1.54, 1.807) is 25.2 Å². The van der Waals surface area contributed by atoms with E-state index >= 15 is 0 Å². The molecule has 0 saturated heterocycles. The summed E-state index contributed by atoms with van der Waals surface area (Å²) in [4.78, 5) is 14.8. The van der Waals surface area contributed by atoms with Gasteiger partial charge in [0.05, 0.1) is 6.54 Å². The Morgan fingerprint density at radius 2 is 2.38 bits per heavy atom. The lowest BCUT2D eigenvalue weighted by atomic mass is 10.4. The van der Waals surface area contributed by atoms with Crippen LogP contribution in [-0.2, 0) is 4.79 Å². The Hall–Kier alpha value is -1.29. The first-order chi connectivity index (χ1) is 6.22. The Bertz CT molecular complexity index is 303. The molecule has 0 unspecified atom stereocenters. The molecule has 0 aromatic carbocycles. The van der Waals surface area contributed by atoms with E-state index in [-0.39, 0.29) is 12.5 Å². The fourth-order valence-electron chi connectivity index (χ4n) is 0.766. The Labute approximate surface area is 81.3 Å². The van der Waals surface area contributed by atoms with E-state index in [2.05, 4.69) is 15.6 Å². The second-order valence-corrected chi connectivity index (χ2v) is 2.76. The molecular weight excluding hydrogens is 190 g/mol. The number of carbonyl (C=O) groups excluding carboxylic acids is 1. The Morgan fingerprint density at radius 3 is 3.00 bits per heavy atom. The van der Waals surface area contributed by atoms with Gasteiger partial charge in [0.2, 0.25) is 5.91 Å². The molecule has 2 N–H and O–H groups in total. The monoisotopic (exact) mass is 199 g/mol. The van der Waals surface area contributed by atoms with Gasteiger partial charge in [-0.3, -0.25) is 4.79 Å². The molecule has 1 aromatic heterocycles. The number of hydrogen-bond donors (Lipinski definition) is 2. The summed E-state index contributed by atoms with van der Waals surface area (Å²) < 4.78 is 0. The molecule has 0 saturated carbocycles. The fourth-order valence-corrected chi connectivity index (χ4v) is 0.930. The number of amides is 1. The van der Waals surface area contributed by atoms with Crippen LogP contribution in [0.3, 0.4) is 0 Å². The summed E-state index contributed by atoms with van der Waals surface area (Å²) in [6, 6.07) is 5.18. The maximum absolute atomic E-state index is 10.8. The average molecular weight is 200 g/mol. The Morgan fingerprint density at radius 1 is 1.62 bits per heavy atom. The predicted octanol–water partition coefficient (Wildman–Crippen LogP) is 0.893. The highest BCUT2D eigenvalue weighted by Gasteiger charge is 1.98. The maximum atomic E-state index is 10.8. The molecule has 0 aliphatic heterocycles. The van der Waals surface area contributed by atoms with Crippen LogP contribution in [0.1, 0.15) is 0 Å². The highest BCUT2D eigenvalue weighted by Crippen LogP contribution is 2.08. The maximum Gasteiger partial charge on any atom is 0.239 e. The van der Waals surface area contributed by atoms with E-state index in [1.807, 2.05) is 0 Å². The van der Waals surface area contributed by atoms with Crippen molar-refractivity contribution in [3.05, 3.63) is 23.4 Å². The van der Waals surface area contributed by atoms with Crippen molar-refractivity contribution in [3.63, 3.8) is 0 Å². The van der Waals surface area contributed by atoms with E-state index in [9.17, 15) is 4.79 Å². The van der Waals surface area contributed by atoms with Crippen molar-refractivity contribution in [1.82, 2.24) is 10.3 Å². The second kappa shape index (κ2) is 4.67. The normalized spacial score (nSPS) is 9.38. The van der Waals surface area contributed by atoms with Crippen molar-refractivity contribution in [2.24, 2.45) is 0 Å². The second-order valence-electron chi connectivity index (χ2n) is 2.37. The molecule has 70 valence electrons. The third kappa shape index (κ3) is 3.29. The molecule has 1 aromatic rings. The predicted molar refractivity (Wildman–Crippen MR) is 51.8 cm³/mol. The van der Waals surface area contributed by atoms with Gasteiger partial charge in [0.15, 0.2) is 0 Å². The SMILES string of the molecule is CNC(=O)CNc1cccc(Cl)n1. The van der Waals surface area contributed by atoms with E-state index in [0.717, 1.165) is 0 Å². The summed E-state index contributed by atoms with van der Waals surface area (Å²) >= 11 is 5.64. The van der Waals surface area contributed by atoms with Gasteiger partial charge in [-0.25, -0.2) is 4.98 Å². The van der Waals surface area contributed by atoms with Gasteiger partial charge < -0.3 is 10.6 Å². The van der Waals surface area contributed by atoms with Gasteiger partial charge in [-0.05, 0) is 12.1 Å². The zero-order valence-electron chi connectivity index (χ0n) is 7.17. The van der Waals surface area contributed by atoms with Crippen LogP contribution in [0.4, 0.5) is 5.82 Å². The first-order valence-electron chi connectivity index (χ1n) is 3.79. The molecule has 13 heavy (non-hydrogen) atoms. The molecule has 0 spiro atoms. The molecule has 0 aliphatic carbocycles. The van der Waals surface area contributed by atoms with Crippen molar-refractivity contribution in [2.75, 3.05) is 18.9 Å². The van der Waals surface area contributed by atoms with Crippen molar-refractivity contribution in [2.45, 2.75) is 0 Å². The first kappa shape index (κ1) is 9.80. The summed E-state index contributed by atoms with van der Waals surface area (Å²) in [5.41, 5.74) is 0. The fraction of sp³-hybridized carbons (Fsp3) is 0.250. The molecule has 0 radical (unpaired) electrons. The minimum atomic E-state index is -0.0956. The lowest BCUT2D eigenvalue weighted by Gasteiger charge is -2.03. The lowest BCUT2D eigenvalue weighted by molar-refractivity contribution is -0.118. The summed E-state index contributed by atoms with van der Waals surface area (Å²) in [6.07, 6.45) is 0. The van der Waals surface area contributed by atoms with Crippen molar-refractivity contribution < 1.29 is 4.79 Å². The van der Waals surface area contributed by atoms with E-state index in [4.69, 9.17) is 11.6 Å². The zero-order chi connectivity index (χ0) is 9.68. The largest absolute Gasteiger partial charge is 0.361 e. The standard InChI is InChI=1S/C8H10ClN3O/c1-10-8(13)5-11-7-4-2-3-6(9)12-7/h2-4H,5H2,1H3,(H,10,13)(H,11,12). The molecule has 4 nitrogen and oxygen atoms in total. The number of nitrogens with zero attached hydrogens (tertiary/aromatic N) is 1. The Balaban J connectivity index is 2.50. The van der Waals surface area contributed by atoms with Gasteiger partial charge in [-0.15, -0.1) is 0 Å². The number of nitrogens with one attached hydrogen (secondary N) is 2. The molecule has 0 atom stereocenters. The lowest BCUT2D eigenvalue weighted by Crippen LogP contribution is -2.26. The number of anilines is 1. The van der Waals surface area contributed by atoms with Crippen LogP contribution >= 0.6 is 11.6 Å². The van der Waals surface area contributed by atoms with E-state index in [0.29, 0.717) is 11.0 Å². The van der Waals surface area contributed by atoms with Crippen LogP contribution in [0.25, 0.3) is 0 Å². The van der Waals surface area contributed by atoms with E-state index in [1.165, 1.54) is 0 Å². The molecule has 0 fully saturated rings. The summed E-state index contributed by atoms with van der Waals surface area (Å²) in [5.74, 6) is 0.498. The Kier molecular flexibility index (Phi) is 3.52. The van der Waals surface area contributed by atoms with Crippen LogP contribution in [-0.4, -0.2) is 24.5 Å². The molecular formula is C8H10ClN3O. The topological polar surface area (TPSA) is 54.0 Å². The van der Waals surface area contributed by atoms with Gasteiger partial charge in [-0.2, -0.15) is 0 Å². The summed E-state index contributed by atoms with van der Waals surface area (Å²) in [7, 11) is 1.58. The van der Waals surface area contributed by atoms with Crippen molar-refractivity contribution in [1.29, 1.82) is 0 Å². The number of carbonyl (C=O) groups is 1. The number of hydrogen-bond acceptors (Lipinski definition) is 3.